The molecule has 3 aromatic rings. The Balaban J connectivity index is 1.63. The monoisotopic (exact) mass is 392 g/mol. The first-order valence-electron chi connectivity index (χ1n) is 10.8. The van der Waals surface area contributed by atoms with Gasteiger partial charge >= 0.3 is 0 Å². The molecule has 1 aliphatic heterocycles. The first-order valence-corrected chi connectivity index (χ1v) is 11.7. The van der Waals surface area contributed by atoms with E-state index in [-0.39, 0.29) is 0 Å². The Morgan fingerprint density at radius 2 is 1.59 bits per heavy atom. The lowest BCUT2D eigenvalue weighted by Gasteiger charge is -2.26. The molecule has 2 aliphatic carbocycles. The molecule has 0 atom stereocenters. The number of allylic oxidation sites excluding steroid dienone is 5. The molecule has 0 fully saturated rings. The quantitative estimate of drug-likeness (QED) is 0.425. The SMILES string of the molecule is C1=CC2=C(CC1)CCc1c2ccc2c(C3=CCCS3)c(-c3ccccc3)ccc12. The second kappa shape index (κ2) is 7.07. The molecule has 1 heteroatoms. The maximum Gasteiger partial charge on any atom is 0.0117 e. The average Bonchev–Trinajstić information content (AvgIpc) is 3.33. The number of aryl methyl sites for hydroxylation is 1. The molecule has 0 saturated carbocycles. The predicted octanol–water partition coefficient (Wildman–Crippen LogP) is 8.03. The van der Waals surface area contributed by atoms with E-state index in [1.807, 2.05) is 11.8 Å². The highest BCUT2D eigenvalue weighted by molar-refractivity contribution is 8.08. The summed E-state index contributed by atoms with van der Waals surface area (Å²) in [6, 6.07) is 20.4. The van der Waals surface area contributed by atoms with Crippen molar-refractivity contribution in [2.75, 3.05) is 5.75 Å². The summed E-state index contributed by atoms with van der Waals surface area (Å²) in [5.74, 6) is 1.20. The van der Waals surface area contributed by atoms with Crippen molar-refractivity contribution in [3.05, 3.63) is 95.1 Å². The minimum absolute atomic E-state index is 1.18. The second-order valence-electron chi connectivity index (χ2n) is 8.20. The fraction of sp³-hybridized carbons (Fsp3) is 0.214. The largest absolute Gasteiger partial charge is 0.126 e. The van der Waals surface area contributed by atoms with E-state index in [4.69, 9.17) is 0 Å². The number of hydrogen-bond acceptors (Lipinski definition) is 1. The van der Waals surface area contributed by atoms with Gasteiger partial charge in [0.25, 0.3) is 0 Å². The highest BCUT2D eigenvalue weighted by atomic mass is 32.2. The van der Waals surface area contributed by atoms with Gasteiger partial charge in [0.15, 0.2) is 0 Å². The fourth-order valence-corrected chi connectivity index (χ4v) is 6.29. The van der Waals surface area contributed by atoms with Crippen LogP contribution in [0.2, 0.25) is 0 Å². The summed E-state index contributed by atoms with van der Waals surface area (Å²) in [7, 11) is 0. The maximum absolute atomic E-state index is 2.44. The van der Waals surface area contributed by atoms with Crippen LogP contribution in [0.3, 0.4) is 0 Å². The molecule has 0 saturated heterocycles. The van der Waals surface area contributed by atoms with Crippen LogP contribution in [0.1, 0.15) is 42.4 Å². The van der Waals surface area contributed by atoms with Gasteiger partial charge in [-0.25, -0.2) is 0 Å². The van der Waals surface area contributed by atoms with E-state index in [0.717, 1.165) is 0 Å². The number of fused-ring (bicyclic) bond motifs is 4. The lowest BCUT2D eigenvalue weighted by molar-refractivity contribution is 0.831. The van der Waals surface area contributed by atoms with E-state index < -0.39 is 0 Å². The van der Waals surface area contributed by atoms with E-state index in [1.165, 1.54) is 81.4 Å². The summed E-state index contributed by atoms with van der Waals surface area (Å²) in [6.45, 7) is 0. The van der Waals surface area contributed by atoms with Gasteiger partial charge in [0.2, 0.25) is 0 Å². The van der Waals surface area contributed by atoms with Crippen molar-refractivity contribution in [3.8, 4) is 11.1 Å². The molecule has 0 spiro atoms. The molecular formula is C28H24S. The smallest absolute Gasteiger partial charge is 0.0117 e. The van der Waals surface area contributed by atoms with Crippen LogP contribution in [0.4, 0.5) is 0 Å². The molecule has 6 rings (SSSR count). The van der Waals surface area contributed by atoms with Gasteiger partial charge < -0.3 is 0 Å². The second-order valence-corrected chi connectivity index (χ2v) is 9.34. The Hall–Kier alpha value is -2.51. The molecule has 0 aromatic heterocycles. The van der Waals surface area contributed by atoms with Gasteiger partial charge in [-0.1, -0.05) is 78.4 Å². The van der Waals surface area contributed by atoms with Crippen molar-refractivity contribution < 1.29 is 0 Å². The molecule has 142 valence electrons. The van der Waals surface area contributed by atoms with Gasteiger partial charge in [0.1, 0.15) is 0 Å². The van der Waals surface area contributed by atoms with Crippen molar-refractivity contribution in [3.63, 3.8) is 0 Å². The third kappa shape index (κ3) is 2.83. The third-order valence-electron chi connectivity index (χ3n) is 6.59. The Bertz CT molecular complexity index is 1210. The zero-order chi connectivity index (χ0) is 19.2. The first-order chi connectivity index (χ1) is 14.4. The lowest BCUT2D eigenvalue weighted by atomic mass is 9.78. The number of thioether (sulfide) groups is 1. The molecule has 0 radical (unpaired) electrons. The van der Waals surface area contributed by atoms with Crippen molar-refractivity contribution in [2.24, 2.45) is 0 Å². The van der Waals surface area contributed by atoms with Crippen LogP contribution in [0.15, 0.2) is 78.4 Å². The number of benzene rings is 3. The van der Waals surface area contributed by atoms with Crippen LogP contribution in [0.25, 0.3) is 32.4 Å². The zero-order valence-electron chi connectivity index (χ0n) is 16.6. The van der Waals surface area contributed by atoms with E-state index in [2.05, 4.69) is 72.8 Å². The normalized spacial score (nSPS) is 18.0. The van der Waals surface area contributed by atoms with Crippen LogP contribution < -0.4 is 0 Å². The van der Waals surface area contributed by atoms with Gasteiger partial charge in [-0.2, -0.15) is 0 Å². The van der Waals surface area contributed by atoms with Crippen molar-refractivity contribution >= 4 is 33.0 Å². The van der Waals surface area contributed by atoms with Gasteiger partial charge in [0, 0.05) is 16.2 Å². The van der Waals surface area contributed by atoms with E-state index in [0.29, 0.717) is 0 Å². The first kappa shape index (κ1) is 17.4. The molecule has 29 heavy (non-hydrogen) atoms. The molecule has 0 amide bonds. The Morgan fingerprint density at radius 1 is 0.724 bits per heavy atom. The minimum atomic E-state index is 1.18. The minimum Gasteiger partial charge on any atom is -0.126 e. The summed E-state index contributed by atoms with van der Waals surface area (Å²) < 4.78 is 0. The summed E-state index contributed by atoms with van der Waals surface area (Å²) in [5, 5.41) is 2.88. The maximum atomic E-state index is 2.44. The van der Waals surface area contributed by atoms with Gasteiger partial charge in [-0.3, -0.25) is 0 Å². The fourth-order valence-electron chi connectivity index (χ4n) is 5.23. The lowest BCUT2D eigenvalue weighted by Crippen LogP contribution is -2.07. The Kier molecular flexibility index (Phi) is 4.23. The van der Waals surface area contributed by atoms with E-state index in [1.54, 1.807) is 11.1 Å². The van der Waals surface area contributed by atoms with Crippen LogP contribution >= 0.6 is 11.8 Å². The van der Waals surface area contributed by atoms with Gasteiger partial charge in [-0.05, 0) is 70.7 Å². The molecule has 3 aliphatic rings. The molecule has 3 aromatic carbocycles. The molecule has 0 N–H and O–H groups in total. The van der Waals surface area contributed by atoms with Crippen LogP contribution in [0, 0.1) is 0 Å². The average molecular weight is 393 g/mol. The highest BCUT2D eigenvalue weighted by Crippen LogP contribution is 2.46. The van der Waals surface area contributed by atoms with Gasteiger partial charge in [0.05, 0.1) is 0 Å². The molecular weight excluding hydrogens is 368 g/mol. The molecule has 0 unspecified atom stereocenters. The van der Waals surface area contributed by atoms with E-state index >= 15 is 0 Å². The van der Waals surface area contributed by atoms with Crippen LogP contribution in [0.5, 0.6) is 0 Å². The highest BCUT2D eigenvalue weighted by Gasteiger charge is 2.23. The van der Waals surface area contributed by atoms with Gasteiger partial charge in [-0.15, -0.1) is 11.8 Å². The molecule has 0 nitrogen and oxygen atoms in total. The third-order valence-corrected chi connectivity index (χ3v) is 7.72. The van der Waals surface area contributed by atoms with Crippen LogP contribution in [-0.2, 0) is 6.42 Å². The summed E-state index contributed by atoms with van der Waals surface area (Å²) in [4.78, 5) is 1.46. The Labute approximate surface area is 177 Å². The summed E-state index contributed by atoms with van der Waals surface area (Å²) in [5.41, 5.74) is 10.3. The van der Waals surface area contributed by atoms with E-state index in [9.17, 15) is 0 Å². The number of rotatable bonds is 2. The molecule has 1 heterocycles. The zero-order valence-corrected chi connectivity index (χ0v) is 17.4. The summed E-state index contributed by atoms with van der Waals surface area (Å²) >= 11 is 2.02. The Morgan fingerprint density at radius 3 is 2.45 bits per heavy atom. The van der Waals surface area contributed by atoms with Crippen molar-refractivity contribution in [1.82, 2.24) is 0 Å². The van der Waals surface area contributed by atoms with Crippen molar-refractivity contribution in [2.45, 2.75) is 32.1 Å². The predicted molar refractivity (Wildman–Crippen MR) is 128 cm³/mol. The van der Waals surface area contributed by atoms with Crippen molar-refractivity contribution in [1.29, 1.82) is 0 Å². The standard InChI is InChI=1S/C28H24S/c1-2-7-19(8-3-1)22-14-15-25-24-13-12-20-9-4-5-10-21(20)23(24)16-17-26(25)28(22)27-11-6-18-29-27/h1-3,5,7-8,10-11,14-17H,4,6,9,12-13,18H2. The topological polar surface area (TPSA) is 0 Å². The molecule has 0 bridgehead atoms. The summed E-state index contributed by atoms with van der Waals surface area (Å²) in [6.07, 6.45) is 13.2. The number of hydrogen-bond donors (Lipinski definition) is 0. The van der Waals surface area contributed by atoms with Crippen LogP contribution in [-0.4, -0.2) is 5.75 Å².